The van der Waals surface area contributed by atoms with Crippen molar-refractivity contribution in [1.29, 1.82) is 0 Å². The smallest absolute Gasteiger partial charge is 0.160 e. The standard InChI is InChI=1S/C21H28O4/c1-16-7-6-10-19(13-16)25-15-18(22)9-5-4-8-17-11-12-20(23-2)21(14-17)24-3/h6-7,10-14,18,22H,4-5,8-9,15H2,1-3H3/i2D3,3D3,4D2,9D2. The Hall–Kier alpha value is -2.20. The molecule has 0 amide bonds. The molecule has 0 saturated carbocycles. The van der Waals surface area contributed by atoms with E-state index in [0.29, 0.717) is 5.75 Å². The number of aliphatic hydroxyl groups excluding tert-OH is 1. The van der Waals surface area contributed by atoms with Gasteiger partial charge in [0.1, 0.15) is 12.4 Å². The molecule has 0 fully saturated rings. The Kier molecular flexibility index (Phi) is 3.77. The molecule has 0 aromatic heterocycles. The molecule has 2 aromatic rings. The van der Waals surface area contributed by atoms with E-state index in [2.05, 4.69) is 0 Å². The van der Waals surface area contributed by atoms with Gasteiger partial charge in [0, 0.05) is 5.48 Å². The second kappa shape index (κ2) is 9.94. The molecule has 4 heteroatoms. The molecular weight excluding hydrogens is 316 g/mol. The molecule has 0 saturated heterocycles. The molecule has 1 N–H and O–H groups in total. The van der Waals surface area contributed by atoms with Crippen LogP contribution in [0.3, 0.4) is 0 Å². The van der Waals surface area contributed by atoms with E-state index < -0.39 is 45.1 Å². The van der Waals surface area contributed by atoms with E-state index in [-0.39, 0.29) is 24.3 Å². The van der Waals surface area contributed by atoms with E-state index in [1.807, 2.05) is 13.0 Å². The monoisotopic (exact) mass is 354 g/mol. The van der Waals surface area contributed by atoms with Gasteiger partial charge in [-0.3, -0.25) is 0 Å². The number of ether oxygens (including phenoxy) is 3. The van der Waals surface area contributed by atoms with Crippen molar-refractivity contribution in [3.63, 3.8) is 0 Å². The predicted molar refractivity (Wildman–Crippen MR) is 99.8 cm³/mol. The first kappa shape index (κ1) is 9.48. The van der Waals surface area contributed by atoms with Crippen molar-refractivity contribution in [2.45, 2.75) is 38.6 Å². The maximum absolute atomic E-state index is 10.3. The van der Waals surface area contributed by atoms with Crippen LogP contribution in [0.4, 0.5) is 0 Å². The molecule has 4 nitrogen and oxygen atoms in total. The summed E-state index contributed by atoms with van der Waals surface area (Å²) in [5.41, 5.74) is 1.14. The van der Waals surface area contributed by atoms with Crippen LogP contribution in [0.25, 0.3) is 0 Å². The molecule has 25 heavy (non-hydrogen) atoms. The third-order valence-electron chi connectivity index (χ3n) is 3.42. The van der Waals surface area contributed by atoms with Crippen molar-refractivity contribution in [2.24, 2.45) is 0 Å². The lowest BCUT2D eigenvalue weighted by Gasteiger charge is -2.13. The van der Waals surface area contributed by atoms with Gasteiger partial charge in [-0.1, -0.05) is 24.6 Å². The number of aryl methyl sites for hydroxylation is 2. The van der Waals surface area contributed by atoms with Gasteiger partial charge in [0.15, 0.2) is 11.5 Å². The highest BCUT2D eigenvalue weighted by molar-refractivity contribution is 5.42. The molecule has 0 aliphatic carbocycles. The van der Waals surface area contributed by atoms with Gasteiger partial charge in [0.25, 0.3) is 0 Å². The molecule has 136 valence electrons. The number of benzene rings is 2. The van der Waals surface area contributed by atoms with Crippen molar-refractivity contribution in [2.75, 3.05) is 20.7 Å². The van der Waals surface area contributed by atoms with Gasteiger partial charge < -0.3 is 19.3 Å². The maximum Gasteiger partial charge on any atom is 0.160 e. The maximum atomic E-state index is 10.3. The van der Waals surface area contributed by atoms with Gasteiger partial charge >= 0.3 is 0 Å². The van der Waals surface area contributed by atoms with Crippen molar-refractivity contribution in [3.05, 3.63) is 53.6 Å². The van der Waals surface area contributed by atoms with E-state index in [1.54, 1.807) is 18.2 Å². The first-order valence-electron chi connectivity index (χ1n) is 12.7. The zero-order valence-electron chi connectivity index (χ0n) is 23.9. The molecule has 0 radical (unpaired) electrons. The largest absolute Gasteiger partial charge is 0.493 e. The van der Waals surface area contributed by atoms with Gasteiger partial charge in [0.2, 0.25) is 0 Å². The van der Waals surface area contributed by atoms with Crippen molar-refractivity contribution < 1.29 is 33.0 Å². The summed E-state index contributed by atoms with van der Waals surface area (Å²) >= 11 is 0. The van der Waals surface area contributed by atoms with Crippen molar-refractivity contribution in [1.82, 2.24) is 0 Å². The summed E-state index contributed by atoms with van der Waals surface area (Å²) in [6.45, 7) is 1.47. The SMILES string of the molecule is [2H]C([2H])(Cc1ccc(OC([2H])([2H])[2H])c(OC([2H])([2H])[2H])c1)CC([2H])([2H])C(O)COc1cccc(C)c1. The lowest BCUT2D eigenvalue weighted by Crippen LogP contribution is -2.17. The van der Waals surface area contributed by atoms with E-state index in [9.17, 15) is 5.11 Å². The second-order valence-corrected chi connectivity index (χ2v) is 5.44. The highest BCUT2D eigenvalue weighted by Gasteiger charge is 2.07. The number of rotatable bonds is 10. The minimum atomic E-state index is -2.91. The molecule has 0 aliphatic rings. The highest BCUT2D eigenvalue weighted by atomic mass is 16.5. The highest BCUT2D eigenvalue weighted by Crippen LogP contribution is 2.28. The normalized spacial score (nSPS) is 19.9. The van der Waals surface area contributed by atoms with E-state index in [1.165, 1.54) is 6.07 Å². The van der Waals surface area contributed by atoms with Crippen LogP contribution in [-0.4, -0.2) is 31.9 Å². The lowest BCUT2D eigenvalue weighted by atomic mass is 10.0. The van der Waals surface area contributed by atoms with Crippen LogP contribution in [0.1, 0.15) is 44.0 Å². The molecule has 0 aliphatic heterocycles. The van der Waals surface area contributed by atoms with Gasteiger partial charge in [-0.05, 0) is 61.5 Å². The molecule has 2 aromatic carbocycles. The molecule has 0 heterocycles. The summed E-state index contributed by atoms with van der Waals surface area (Å²) in [6, 6.07) is 10.6. The first-order chi connectivity index (χ1) is 15.9. The summed E-state index contributed by atoms with van der Waals surface area (Å²) < 4.78 is 91.4. The second-order valence-electron chi connectivity index (χ2n) is 5.44. The van der Waals surface area contributed by atoms with Crippen LogP contribution in [0.15, 0.2) is 42.5 Å². The Balaban J connectivity index is 2.13. The quantitative estimate of drug-likeness (QED) is 0.696. The van der Waals surface area contributed by atoms with Crippen LogP contribution in [0.5, 0.6) is 17.2 Å². The van der Waals surface area contributed by atoms with Crippen LogP contribution in [-0.2, 0) is 6.42 Å². The van der Waals surface area contributed by atoms with Gasteiger partial charge in [-0.25, -0.2) is 0 Å². The van der Waals surface area contributed by atoms with Crippen LogP contribution >= 0.6 is 0 Å². The van der Waals surface area contributed by atoms with Gasteiger partial charge in [-0.2, -0.15) is 0 Å². The molecule has 0 spiro atoms. The average molecular weight is 355 g/mol. The van der Waals surface area contributed by atoms with Crippen LogP contribution < -0.4 is 14.2 Å². The third-order valence-corrected chi connectivity index (χ3v) is 3.42. The molecular formula is C21H28O4. The van der Waals surface area contributed by atoms with Gasteiger partial charge in [0.05, 0.1) is 28.4 Å². The minimum Gasteiger partial charge on any atom is -0.493 e. The topological polar surface area (TPSA) is 47.9 Å². The van der Waals surface area contributed by atoms with Gasteiger partial charge in [-0.15, -0.1) is 0 Å². The molecule has 1 unspecified atom stereocenters. The zero-order chi connectivity index (χ0) is 26.7. The predicted octanol–water partition coefficient (Wildman–Crippen LogP) is 4.16. The minimum absolute atomic E-state index is 0.216. The van der Waals surface area contributed by atoms with Crippen molar-refractivity contribution >= 4 is 0 Å². The van der Waals surface area contributed by atoms with E-state index in [4.69, 9.17) is 27.9 Å². The fraction of sp³-hybridized carbons (Fsp3) is 0.429. The molecule has 1 atom stereocenters. The van der Waals surface area contributed by atoms with E-state index >= 15 is 0 Å². The fourth-order valence-electron chi connectivity index (χ4n) is 2.16. The Morgan fingerprint density at radius 2 is 1.96 bits per heavy atom. The number of hydrogen-bond acceptors (Lipinski definition) is 4. The Labute approximate surface area is 164 Å². The van der Waals surface area contributed by atoms with Crippen LogP contribution in [0, 0.1) is 6.92 Å². The number of methoxy groups -OCH3 is 2. The summed E-state index contributed by atoms with van der Waals surface area (Å²) in [7, 11) is -5.78. The molecule has 0 bridgehead atoms. The van der Waals surface area contributed by atoms with E-state index in [0.717, 1.165) is 17.7 Å². The summed E-state index contributed by atoms with van der Waals surface area (Å²) in [6.07, 6.45) is -7.21. The lowest BCUT2D eigenvalue weighted by molar-refractivity contribution is 0.0976. The fourth-order valence-corrected chi connectivity index (χ4v) is 2.16. The number of aliphatic hydroxyl groups is 1. The Morgan fingerprint density at radius 3 is 2.76 bits per heavy atom. The number of hydrogen-bond donors (Lipinski definition) is 1. The summed E-state index contributed by atoms with van der Waals surface area (Å²) in [4.78, 5) is 0. The third kappa shape index (κ3) is 6.31. The summed E-state index contributed by atoms with van der Waals surface area (Å²) in [5.74, 6) is -0.322. The first-order valence-corrected chi connectivity index (χ1v) is 7.74. The van der Waals surface area contributed by atoms with Crippen molar-refractivity contribution in [3.8, 4) is 17.2 Å². The Morgan fingerprint density at radius 1 is 1.12 bits per heavy atom. The molecule has 2 rings (SSSR count). The summed E-state index contributed by atoms with van der Waals surface area (Å²) in [5, 5.41) is 10.3. The zero-order valence-corrected chi connectivity index (χ0v) is 13.9. The van der Waals surface area contributed by atoms with Crippen LogP contribution in [0.2, 0.25) is 0 Å². The Bertz CT molecular complexity index is 989. The average Bonchev–Trinajstić information content (AvgIpc) is 2.65.